The van der Waals surface area contributed by atoms with Crippen LogP contribution in [0.25, 0.3) is 0 Å². The van der Waals surface area contributed by atoms with Gasteiger partial charge in [0.05, 0.1) is 6.61 Å². The number of benzene rings is 1. The van der Waals surface area contributed by atoms with Crippen molar-refractivity contribution in [1.29, 1.82) is 0 Å². The van der Waals surface area contributed by atoms with E-state index in [0.29, 0.717) is 6.04 Å². The zero-order valence-electron chi connectivity index (χ0n) is 11.1. The maximum absolute atomic E-state index is 5.35. The summed E-state index contributed by atoms with van der Waals surface area (Å²) in [6.07, 6.45) is 1.14. The van der Waals surface area contributed by atoms with Gasteiger partial charge in [-0.3, -0.25) is 0 Å². The van der Waals surface area contributed by atoms with Crippen molar-refractivity contribution in [3.05, 3.63) is 35.4 Å². The average molecular weight is 233 g/mol. The third-order valence-electron chi connectivity index (χ3n) is 3.34. The molecule has 2 nitrogen and oxygen atoms in total. The predicted molar refractivity (Wildman–Crippen MR) is 71.2 cm³/mol. The van der Waals surface area contributed by atoms with Crippen LogP contribution in [0.4, 0.5) is 0 Å². The number of rotatable bonds is 3. The molecule has 1 fully saturated rings. The van der Waals surface area contributed by atoms with E-state index >= 15 is 0 Å². The van der Waals surface area contributed by atoms with Crippen LogP contribution in [-0.2, 0) is 16.7 Å². The van der Waals surface area contributed by atoms with Crippen LogP contribution in [0.2, 0.25) is 0 Å². The largest absolute Gasteiger partial charge is 0.380 e. The van der Waals surface area contributed by atoms with Crippen molar-refractivity contribution < 1.29 is 4.74 Å². The quantitative estimate of drug-likeness (QED) is 0.867. The van der Waals surface area contributed by atoms with E-state index in [2.05, 4.69) is 50.4 Å². The first-order valence-corrected chi connectivity index (χ1v) is 6.46. The maximum Gasteiger partial charge on any atom is 0.0620 e. The molecule has 0 radical (unpaired) electrons. The number of nitrogens with one attached hydrogen (secondary N) is 1. The minimum Gasteiger partial charge on any atom is -0.380 e. The van der Waals surface area contributed by atoms with Gasteiger partial charge in [-0.2, -0.15) is 0 Å². The molecule has 94 valence electrons. The molecule has 1 aromatic rings. The summed E-state index contributed by atoms with van der Waals surface area (Å²) >= 11 is 0. The van der Waals surface area contributed by atoms with Crippen molar-refractivity contribution in [3.63, 3.8) is 0 Å². The molecule has 1 heterocycles. The van der Waals surface area contributed by atoms with E-state index in [9.17, 15) is 0 Å². The van der Waals surface area contributed by atoms with Crippen LogP contribution < -0.4 is 5.32 Å². The smallest absolute Gasteiger partial charge is 0.0620 e. The first kappa shape index (κ1) is 12.6. The zero-order valence-corrected chi connectivity index (χ0v) is 11.1. The standard InChI is InChI=1S/C15H23NO/c1-15(2,3)13-6-4-12(5-7-13)10-16-14-8-9-17-11-14/h4-7,14,16H,8-11H2,1-3H3. The summed E-state index contributed by atoms with van der Waals surface area (Å²) < 4.78 is 5.35. The number of hydrogen-bond acceptors (Lipinski definition) is 2. The number of hydrogen-bond donors (Lipinski definition) is 1. The van der Waals surface area contributed by atoms with Gasteiger partial charge in [0, 0.05) is 19.2 Å². The predicted octanol–water partition coefficient (Wildman–Crippen LogP) is 2.86. The Morgan fingerprint density at radius 1 is 1.24 bits per heavy atom. The van der Waals surface area contributed by atoms with Crippen LogP contribution in [-0.4, -0.2) is 19.3 Å². The van der Waals surface area contributed by atoms with E-state index in [-0.39, 0.29) is 5.41 Å². The van der Waals surface area contributed by atoms with Crippen LogP contribution in [0.5, 0.6) is 0 Å². The Hall–Kier alpha value is -0.860. The van der Waals surface area contributed by atoms with Crippen molar-refractivity contribution in [2.45, 2.75) is 45.2 Å². The van der Waals surface area contributed by atoms with Gasteiger partial charge in [0.1, 0.15) is 0 Å². The molecule has 17 heavy (non-hydrogen) atoms. The molecule has 0 saturated carbocycles. The van der Waals surface area contributed by atoms with Gasteiger partial charge in [-0.25, -0.2) is 0 Å². The highest BCUT2D eigenvalue weighted by molar-refractivity contribution is 5.27. The molecule has 1 aliphatic rings. The highest BCUT2D eigenvalue weighted by atomic mass is 16.5. The van der Waals surface area contributed by atoms with Crippen molar-refractivity contribution in [1.82, 2.24) is 5.32 Å². The molecule has 0 aliphatic carbocycles. The number of ether oxygens (including phenoxy) is 1. The van der Waals surface area contributed by atoms with Crippen molar-refractivity contribution in [2.24, 2.45) is 0 Å². The zero-order chi connectivity index (χ0) is 12.3. The second kappa shape index (κ2) is 5.19. The molecule has 1 atom stereocenters. The summed E-state index contributed by atoms with van der Waals surface area (Å²) in [4.78, 5) is 0. The minimum absolute atomic E-state index is 0.241. The maximum atomic E-state index is 5.35. The fourth-order valence-electron chi connectivity index (χ4n) is 2.08. The van der Waals surface area contributed by atoms with Gasteiger partial charge in [-0.15, -0.1) is 0 Å². The van der Waals surface area contributed by atoms with Crippen LogP contribution in [0.1, 0.15) is 38.3 Å². The van der Waals surface area contributed by atoms with Crippen LogP contribution in [0, 0.1) is 0 Å². The Balaban J connectivity index is 1.89. The van der Waals surface area contributed by atoms with Gasteiger partial charge in [-0.1, -0.05) is 45.0 Å². The fraction of sp³-hybridized carbons (Fsp3) is 0.600. The van der Waals surface area contributed by atoms with Gasteiger partial charge < -0.3 is 10.1 Å². The van der Waals surface area contributed by atoms with Gasteiger partial charge >= 0.3 is 0 Å². The van der Waals surface area contributed by atoms with Gasteiger partial charge in [0.25, 0.3) is 0 Å². The first-order chi connectivity index (χ1) is 8.05. The SMILES string of the molecule is CC(C)(C)c1ccc(CNC2CCOC2)cc1. The molecule has 1 unspecified atom stereocenters. The third-order valence-corrected chi connectivity index (χ3v) is 3.34. The van der Waals surface area contributed by atoms with Crippen molar-refractivity contribution >= 4 is 0 Å². The van der Waals surface area contributed by atoms with Crippen LogP contribution in [0.3, 0.4) is 0 Å². The molecular weight excluding hydrogens is 210 g/mol. The molecule has 1 saturated heterocycles. The summed E-state index contributed by atoms with van der Waals surface area (Å²) in [7, 11) is 0. The Morgan fingerprint density at radius 2 is 1.94 bits per heavy atom. The van der Waals surface area contributed by atoms with Crippen molar-refractivity contribution in [3.8, 4) is 0 Å². The van der Waals surface area contributed by atoms with E-state index in [0.717, 1.165) is 26.2 Å². The summed E-state index contributed by atoms with van der Waals surface area (Å²) in [5, 5.41) is 3.53. The van der Waals surface area contributed by atoms with E-state index in [1.54, 1.807) is 0 Å². The third kappa shape index (κ3) is 3.55. The molecule has 1 aliphatic heterocycles. The lowest BCUT2D eigenvalue weighted by Crippen LogP contribution is -2.28. The second-order valence-corrected chi connectivity index (χ2v) is 5.89. The topological polar surface area (TPSA) is 21.3 Å². The lowest BCUT2D eigenvalue weighted by molar-refractivity contribution is 0.190. The van der Waals surface area contributed by atoms with Gasteiger partial charge in [0.15, 0.2) is 0 Å². The summed E-state index contributed by atoms with van der Waals surface area (Å²) in [5.41, 5.74) is 2.99. The minimum atomic E-state index is 0.241. The Bertz CT molecular complexity index is 344. The second-order valence-electron chi connectivity index (χ2n) is 5.89. The van der Waals surface area contributed by atoms with E-state index in [1.807, 2.05) is 0 Å². The lowest BCUT2D eigenvalue weighted by atomic mass is 9.87. The highest BCUT2D eigenvalue weighted by Gasteiger charge is 2.15. The summed E-state index contributed by atoms with van der Waals surface area (Å²) in [5.74, 6) is 0. The summed E-state index contributed by atoms with van der Waals surface area (Å²) in [6, 6.07) is 9.47. The Kier molecular flexibility index (Phi) is 3.85. The Labute approximate surface area is 104 Å². The molecule has 0 aromatic heterocycles. The van der Waals surface area contributed by atoms with Gasteiger partial charge in [-0.05, 0) is 23.0 Å². The molecule has 0 bridgehead atoms. The molecule has 2 heteroatoms. The average Bonchev–Trinajstić information content (AvgIpc) is 2.78. The lowest BCUT2D eigenvalue weighted by Gasteiger charge is -2.19. The van der Waals surface area contributed by atoms with E-state index in [1.165, 1.54) is 11.1 Å². The normalized spacial score (nSPS) is 20.8. The van der Waals surface area contributed by atoms with E-state index in [4.69, 9.17) is 4.74 Å². The molecule has 1 N–H and O–H groups in total. The van der Waals surface area contributed by atoms with Crippen molar-refractivity contribution in [2.75, 3.05) is 13.2 Å². The molecular formula is C15H23NO. The molecule has 1 aromatic carbocycles. The highest BCUT2D eigenvalue weighted by Crippen LogP contribution is 2.22. The summed E-state index contributed by atoms with van der Waals surface area (Å²) in [6.45, 7) is 9.45. The Morgan fingerprint density at radius 3 is 2.47 bits per heavy atom. The molecule has 2 rings (SSSR count). The fourth-order valence-corrected chi connectivity index (χ4v) is 2.08. The molecule has 0 spiro atoms. The van der Waals surface area contributed by atoms with Crippen LogP contribution >= 0.6 is 0 Å². The van der Waals surface area contributed by atoms with Crippen LogP contribution in [0.15, 0.2) is 24.3 Å². The van der Waals surface area contributed by atoms with E-state index < -0.39 is 0 Å². The molecule has 0 amide bonds. The monoisotopic (exact) mass is 233 g/mol. The first-order valence-electron chi connectivity index (χ1n) is 6.46. The van der Waals surface area contributed by atoms with Gasteiger partial charge in [0.2, 0.25) is 0 Å².